The molecule has 110 valence electrons. The number of carbonyl (C=O) groups is 1. The largest absolute Gasteiger partial charge is 0.475 e. The summed E-state index contributed by atoms with van der Waals surface area (Å²) in [5.41, 5.74) is -0.574. The number of methoxy groups -OCH3 is 1. The van der Waals surface area contributed by atoms with Gasteiger partial charge in [0.15, 0.2) is 0 Å². The highest BCUT2D eigenvalue weighted by Gasteiger charge is 2.31. The van der Waals surface area contributed by atoms with E-state index in [9.17, 15) is 14.9 Å². The van der Waals surface area contributed by atoms with Gasteiger partial charge in [-0.05, 0) is 12.8 Å². The lowest BCUT2D eigenvalue weighted by Crippen LogP contribution is -2.34. The first-order chi connectivity index (χ1) is 9.63. The Morgan fingerprint density at radius 3 is 2.60 bits per heavy atom. The Balaban J connectivity index is 2.12. The third-order valence-corrected chi connectivity index (χ3v) is 3.50. The number of ether oxygens (including phenoxy) is 1. The topological polar surface area (TPSA) is 110 Å². The third kappa shape index (κ3) is 3.06. The molecule has 2 N–H and O–H groups in total. The minimum atomic E-state index is -0.662. The molecule has 1 aromatic rings. The van der Waals surface area contributed by atoms with Gasteiger partial charge in [-0.15, -0.1) is 5.10 Å². The molecule has 8 nitrogen and oxygen atoms in total. The summed E-state index contributed by atoms with van der Waals surface area (Å²) >= 11 is 0. The molecule has 1 aliphatic rings. The van der Waals surface area contributed by atoms with Crippen LogP contribution in [0.15, 0.2) is 0 Å². The highest BCUT2D eigenvalue weighted by molar-refractivity contribution is 5.97. The number of hydrogen-bond acceptors (Lipinski definition) is 5. The van der Waals surface area contributed by atoms with Gasteiger partial charge in [-0.1, -0.05) is 25.7 Å². The van der Waals surface area contributed by atoms with Crippen molar-refractivity contribution in [3.8, 4) is 5.88 Å². The molecule has 0 unspecified atom stereocenters. The Hall–Kier alpha value is -2.12. The molecule has 0 radical (unpaired) electrons. The van der Waals surface area contributed by atoms with E-state index in [0.717, 1.165) is 25.7 Å². The Morgan fingerprint density at radius 1 is 1.40 bits per heavy atom. The van der Waals surface area contributed by atoms with Crippen molar-refractivity contribution < 1.29 is 14.5 Å². The lowest BCUT2D eigenvalue weighted by Gasteiger charge is -2.15. The van der Waals surface area contributed by atoms with Crippen LogP contribution >= 0.6 is 0 Å². The van der Waals surface area contributed by atoms with Crippen molar-refractivity contribution in [2.75, 3.05) is 7.11 Å². The lowest BCUT2D eigenvalue weighted by molar-refractivity contribution is -0.386. The molecular weight excluding hydrogens is 264 g/mol. The van der Waals surface area contributed by atoms with E-state index in [1.165, 1.54) is 20.0 Å². The summed E-state index contributed by atoms with van der Waals surface area (Å²) in [6.45, 7) is 0. The summed E-state index contributed by atoms with van der Waals surface area (Å²) < 4.78 is 4.78. The maximum Gasteiger partial charge on any atom is 0.362 e. The second kappa shape index (κ2) is 6.36. The third-order valence-electron chi connectivity index (χ3n) is 3.50. The van der Waals surface area contributed by atoms with Crippen LogP contribution in [0.2, 0.25) is 0 Å². The number of hydrogen-bond donors (Lipinski definition) is 2. The van der Waals surface area contributed by atoms with Crippen molar-refractivity contribution in [3.05, 3.63) is 15.8 Å². The van der Waals surface area contributed by atoms with Gasteiger partial charge in [-0.25, -0.2) is 0 Å². The van der Waals surface area contributed by atoms with Crippen molar-refractivity contribution >= 4 is 11.6 Å². The van der Waals surface area contributed by atoms with Crippen LogP contribution < -0.4 is 10.1 Å². The summed E-state index contributed by atoms with van der Waals surface area (Å²) in [5.74, 6) is -0.680. The van der Waals surface area contributed by atoms with Crippen LogP contribution in [-0.2, 0) is 0 Å². The van der Waals surface area contributed by atoms with E-state index in [1.807, 2.05) is 0 Å². The molecule has 2 rings (SSSR count). The zero-order valence-electron chi connectivity index (χ0n) is 11.3. The molecule has 8 heteroatoms. The van der Waals surface area contributed by atoms with E-state index in [0.29, 0.717) is 0 Å². The second-order valence-corrected chi connectivity index (χ2v) is 4.88. The number of carbonyl (C=O) groups excluding carboxylic acids is 1. The van der Waals surface area contributed by atoms with Crippen molar-refractivity contribution in [2.24, 2.45) is 0 Å². The molecule has 0 saturated heterocycles. The summed E-state index contributed by atoms with van der Waals surface area (Å²) in [6, 6.07) is 0.0684. The van der Waals surface area contributed by atoms with Crippen LogP contribution in [-0.4, -0.2) is 34.2 Å². The monoisotopic (exact) mass is 282 g/mol. The number of H-pyrrole nitrogens is 1. The van der Waals surface area contributed by atoms with Crippen molar-refractivity contribution in [2.45, 2.75) is 44.6 Å². The van der Waals surface area contributed by atoms with Crippen LogP contribution in [0, 0.1) is 10.1 Å². The molecule has 1 aliphatic carbocycles. The molecule has 0 aromatic carbocycles. The molecule has 1 aromatic heterocycles. The number of nitrogens with zero attached hydrogens (tertiary/aromatic N) is 2. The molecule has 20 heavy (non-hydrogen) atoms. The molecule has 0 atom stereocenters. The number of amides is 1. The highest BCUT2D eigenvalue weighted by Crippen LogP contribution is 2.28. The zero-order valence-corrected chi connectivity index (χ0v) is 11.3. The van der Waals surface area contributed by atoms with Gasteiger partial charge in [0.05, 0.1) is 12.0 Å². The molecule has 0 bridgehead atoms. The van der Waals surface area contributed by atoms with E-state index in [4.69, 9.17) is 4.74 Å². The number of aromatic nitrogens is 2. The van der Waals surface area contributed by atoms with Crippen molar-refractivity contribution in [3.63, 3.8) is 0 Å². The summed E-state index contributed by atoms with van der Waals surface area (Å²) in [7, 11) is 1.27. The SMILES string of the molecule is COc1n[nH]c(C(=O)NC2CCCCCC2)c1[N+](=O)[O-]. The number of nitro groups is 1. The van der Waals surface area contributed by atoms with Gasteiger partial charge < -0.3 is 10.1 Å². The van der Waals surface area contributed by atoms with Crippen LogP contribution in [0.25, 0.3) is 0 Å². The van der Waals surface area contributed by atoms with Gasteiger partial charge >= 0.3 is 11.6 Å². The fourth-order valence-electron chi connectivity index (χ4n) is 2.47. The number of nitrogens with one attached hydrogen (secondary N) is 2. The Morgan fingerprint density at radius 2 is 2.05 bits per heavy atom. The summed E-state index contributed by atoms with van der Waals surface area (Å²) in [6.07, 6.45) is 6.29. The van der Waals surface area contributed by atoms with Gasteiger partial charge in [-0.3, -0.25) is 20.0 Å². The molecule has 1 amide bonds. The fourth-order valence-corrected chi connectivity index (χ4v) is 2.47. The molecular formula is C12H18N4O4. The van der Waals surface area contributed by atoms with Crippen molar-refractivity contribution in [1.82, 2.24) is 15.5 Å². The average molecular weight is 282 g/mol. The predicted molar refractivity (Wildman–Crippen MR) is 70.8 cm³/mol. The van der Waals surface area contributed by atoms with Crippen LogP contribution in [0.4, 0.5) is 5.69 Å². The van der Waals surface area contributed by atoms with Gasteiger partial charge in [0, 0.05) is 6.04 Å². The first kappa shape index (κ1) is 14.3. The van der Waals surface area contributed by atoms with E-state index >= 15 is 0 Å². The minimum Gasteiger partial charge on any atom is -0.475 e. The zero-order chi connectivity index (χ0) is 14.5. The van der Waals surface area contributed by atoms with Crippen LogP contribution in [0.1, 0.15) is 49.0 Å². The van der Waals surface area contributed by atoms with Crippen LogP contribution in [0.5, 0.6) is 5.88 Å². The average Bonchev–Trinajstić information content (AvgIpc) is 2.70. The standard InChI is InChI=1S/C12H18N4O4/c1-20-12-10(16(18)19)9(14-15-12)11(17)13-8-6-4-2-3-5-7-8/h8H,2-7H2,1H3,(H,13,17)(H,14,15). The highest BCUT2D eigenvalue weighted by atomic mass is 16.6. The first-order valence-electron chi connectivity index (χ1n) is 6.71. The van der Waals surface area contributed by atoms with Crippen molar-refractivity contribution in [1.29, 1.82) is 0 Å². The Kier molecular flexibility index (Phi) is 4.54. The van der Waals surface area contributed by atoms with Gasteiger partial charge in [0.25, 0.3) is 5.91 Å². The molecule has 1 saturated carbocycles. The lowest BCUT2D eigenvalue weighted by atomic mass is 10.1. The van der Waals surface area contributed by atoms with Crippen LogP contribution in [0.3, 0.4) is 0 Å². The van der Waals surface area contributed by atoms with Gasteiger partial charge in [-0.2, -0.15) is 0 Å². The maximum absolute atomic E-state index is 12.1. The quantitative estimate of drug-likeness (QED) is 0.497. The molecule has 0 aliphatic heterocycles. The predicted octanol–water partition coefficient (Wildman–Crippen LogP) is 1.78. The summed E-state index contributed by atoms with van der Waals surface area (Å²) in [5, 5.41) is 19.9. The van der Waals surface area contributed by atoms with E-state index in [2.05, 4.69) is 15.5 Å². The van der Waals surface area contributed by atoms with Gasteiger partial charge in [0.1, 0.15) is 0 Å². The minimum absolute atomic E-state index is 0.0684. The Bertz CT molecular complexity index is 492. The van der Waals surface area contributed by atoms with E-state index in [1.54, 1.807) is 0 Å². The van der Waals surface area contributed by atoms with E-state index < -0.39 is 16.5 Å². The number of aromatic amines is 1. The molecule has 1 heterocycles. The Labute approximate surface area is 116 Å². The summed E-state index contributed by atoms with van der Waals surface area (Å²) in [4.78, 5) is 22.5. The number of rotatable bonds is 4. The second-order valence-electron chi connectivity index (χ2n) is 4.88. The molecule has 0 spiro atoms. The maximum atomic E-state index is 12.1. The first-order valence-corrected chi connectivity index (χ1v) is 6.71. The normalized spacial score (nSPS) is 16.4. The molecule has 1 fully saturated rings. The smallest absolute Gasteiger partial charge is 0.362 e. The fraction of sp³-hybridized carbons (Fsp3) is 0.667. The van der Waals surface area contributed by atoms with Gasteiger partial charge in [0.2, 0.25) is 5.69 Å². The van der Waals surface area contributed by atoms with E-state index in [-0.39, 0.29) is 17.6 Å².